The van der Waals surface area contributed by atoms with E-state index in [1.165, 1.54) is 12.8 Å². The molecule has 6 heteroatoms. The van der Waals surface area contributed by atoms with Gasteiger partial charge in [0.25, 0.3) is 0 Å². The predicted molar refractivity (Wildman–Crippen MR) is 94.5 cm³/mol. The molecule has 0 bridgehead atoms. The summed E-state index contributed by atoms with van der Waals surface area (Å²) in [6.45, 7) is 3.53. The lowest BCUT2D eigenvalue weighted by atomic mass is 9.95. The van der Waals surface area contributed by atoms with E-state index in [1.54, 1.807) is 0 Å². The molecule has 1 saturated carbocycles. The summed E-state index contributed by atoms with van der Waals surface area (Å²) in [6.07, 6.45) is 5.21. The Balaban J connectivity index is 1.35. The Morgan fingerprint density at radius 3 is 2.96 bits per heavy atom. The molecule has 1 aliphatic carbocycles. The van der Waals surface area contributed by atoms with Crippen molar-refractivity contribution in [3.05, 3.63) is 41.5 Å². The second-order valence-corrected chi connectivity index (χ2v) is 7.22. The summed E-state index contributed by atoms with van der Waals surface area (Å²) in [5, 5.41) is 7.11. The van der Waals surface area contributed by atoms with Gasteiger partial charge in [-0.3, -0.25) is 0 Å². The first kappa shape index (κ1) is 16.1. The standard InChI is InChI=1S/C19H24N4O2/c1-13-5-2-3-7-16(13)20-19(24)23-10-4-6-14(12-23)11-17-21-18(22-25-17)15-8-9-15/h2-3,5,7,14-15H,4,6,8-12H2,1H3,(H,20,24). The highest BCUT2D eigenvalue weighted by Gasteiger charge is 2.30. The number of benzene rings is 1. The number of aryl methyl sites for hydroxylation is 1. The Morgan fingerprint density at radius 1 is 1.32 bits per heavy atom. The van der Waals surface area contributed by atoms with Gasteiger partial charge in [-0.15, -0.1) is 0 Å². The van der Waals surface area contributed by atoms with E-state index in [-0.39, 0.29) is 6.03 Å². The van der Waals surface area contributed by atoms with Crippen LogP contribution in [0.25, 0.3) is 0 Å². The van der Waals surface area contributed by atoms with E-state index >= 15 is 0 Å². The van der Waals surface area contributed by atoms with Crippen LogP contribution in [-0.2, 0) is 6.42 Å². The van der Waals surface area contributed by atoms with Crippen LogP contribution in [0.2, 0.25) is 0 Å². The molecule has 1 unspecified atom stereocenters. The zero-order chi connectivity index (χ0) is 17.2. The van der Waals surface area contributed by atoms with Gasteiger partial charge in [0.05, 0.1) is 0 Å². The SMILES string of the molecule is Cc1ccccc1NC(=O)N1CCCC(Cc2nc(C3CC3)no2)C1. The molecular weight excluding hydrogens is 316 g/mol. The summed E-state index contributed by atoms with van der Waals surface area (Å²) < 4.78 is 5.40. The van der Waals surface area contributed by atoms with Crippen LogP contribution in [0.15, 0.2) is 28.8 Å². The predicted octanol–water partition coefficient (Wildman–Crippen LogP) is 3.74. The number of aromatic nitrogens is 2. The van der Waals surface area contributed by atoms with Crippen LogP contribution < -0.4 is 5.32 Å². The fraction of sp³-hybridized carbons (Fsp3) is 0.526. The van der Waals surface area contributed by atoms with Crippen molar-refractivity contribution in [1.82, 2.24) is 15.0 Å². The number of anilines is 1. The topological polar surface area (TPSA) is 71.3 Å². The second-order valence-electron chi connectivity index (χ2n) is 7.22. The summed E-state index contributed by atoms with van der Waals surface area (Å²) in [4.78, 5) is 19.0. The van der Waals surface area contributed by atoms with Crippen LogP contribution in [-0.4, -0.2) is 34.2 Å². The third-order valence-corrected chi connectivity index (χ3v) is 5.08. The molecule has 2 amide bonds. The second kappa shape index (κ2) is 6.86. The average Bonchev–Trinajstić information content (AvgIpc) is 3.37. The van der Waals surface area contributed by atoms with Crippen molar-refractivity contribution >= 4 is 11.7 Å². The number of carbonyl (C=O) groups is 1. The summed E-state index contributed by atoms with van der Waals surface area (Å²) in [7, 11) is 0. The van der Waals surface area contributed by atoms with Crippen molar-refractivity contribution in [2.75, 3.05) is 18.4 Å². The monoisotopic (exact) mass is 340 g/mol. The first-order chi connectivity index (χ1) is 12.2. The molecular formula is C19H24N4O2. The highest BCUT2D eigenvalue weighted by molar-refractivity contribution is 5.90. The fourth-order valence-electron chi connectivity index (χ4n) is 3.43. The molecule has 2 heterocycles. The molecule has 1 atom stereocenters. The van der Waals surface area contributed by atoms with E-state index in [9.17, 15) is 4.79 Å². The van der Waals surface area contributed by atoms with Gasteiger partial charge in [0.15, 0.2) is 5.82 Å². The van der Waals surface area contributed by atoms with Gasteiger partial charge in [0.2, 0.25) is 5.89 Å². The van der Waals surface area contributed by atoms with Crippen LogP contribution in [0.4, 0.5) is 10.5 Å². The van der Waals surface area contributed by atoms with E-state index in [0.717, 1.165) is 49.4 Å². The van der Waals surface area contributed by atoms with E-state index < -0.39 is 0 Å². The van der Waals surface area contributed by atoms with E-state index in [2.05, 4.69) is 15.5 Å². The first-order valence-electron chi connectivity index (χ1n) is 9.13. The number of nitrogens with zero attached hydrogens (tertiary/aromatic N) is 3. The lowest BCUT2D eigenvalue weighted by Crippen LogP contribution is -2.42. The summed E-state index contributed by atoms with van der Waals surface area (Å²) >= 11 is 0. The Bertz CT molecular complexity index is 753. The van der Waals surface area contributed by atoms with Gasteiger partial charge in [-0.2, -0.15) is 4.98 Å². The molecule has 6 nitrogen and oxygen atoms in total. The van der Waals surface area contributed by atoms with Crippen molar-refractivity contribution < 1.29 is 9.32 Å². The molecule has 2 aliphatic rings. The van der Waals surface area contributed by atoms with Gasteiger partial charge in [0.1, 0.15) is 0 Å². The van der Waals surface area contributed by atoms with Crippen LogP contribution >= 0.6 is 0 Å². The van der Waals surface area contributed by atoms with Gasteiger partial charge >= 0.3 is 6.03 Å². The van der Waals surface area contributed by atoms with Gasteiger partial charge in [0, 0.05) is 31.1 Å². The highest BCUT2D eigenvalue weighted by Crippen LogP contribution is 2.38. The van der Waals surface area contributed by atoms with Gasteiger partial charge in [-0.05, 0) is 50.2 Å². The summed E-state index contributed by atoms with van der Waals surface area (Å²) in [5.41, 5.74) is 1.95. The Morgan fingerprint density at radius 2 is 2.16 bits per heavy atom. The van der Waals surface area contributed by atoms with Crippen LogP contribution in [0.1, 0.15) is 48.9 Å². The Labute approximate surface area is 147 Å². The normalized spacial score (nSPS) is 20.5. The third kappa shape index (κ3) is 3.83. The Hall–Kier alpha value is -2.37. The molecule has 1 saturated heterocycles. The molecule has 4 rings (SSSR count). The Kier molecular flexibility index (Phi) is 4.42. The zero-order valence-electron chi connectivity index (χ0n) is 14.6. The van der Waals surface area contributed by atoms with Crippen LogP contribution in [0, 0.1) is 12.8 Å². The maximum absolute atomic E-state index is 12.6. The number of likely N-dealkylation sites (tertiary alicyclic amines) is 1. The van der Waals surface area contributed by atoms with Crippen molar-refractivity contribution in [3.8, 4) is 0 Å². The van der Waals surface area contributed by atoms with Crippen LogP contribution in [0.5, 0.6) is 0 Å². The van der Waals surface area contributed by atoms with Crippen molar-refractivity contribution in [3.63, 3.8) is 0 Å². The van der Waals surface area contributed by atoms with Crippen molar-refractivity contribution in [2.45, 2.75) is 44.9 Å². The molecule has 2 aromatic rings. The molecule has 25 heavy (non-hydrogen) atoms. The minimum absolute atomic E-state index is 0.0248. The van der Waals surface area contributed by atoms with Gasteiger partial charge < -0.3 is 14.7 Å². The minimum Gasteiger partial charge on any atom is -0.339 e. The summed E-state index contributed by atoms with van der Waals surface area (Å²) in [5.74, 6) is 2.47. The highest BCUT2D eigenvalue weighted by atomic mass is 16.5. The van der Waals surface area contributed by atoms with Gasteiger partial charge in [-0.25, -0.2) is 4.79 Å². The number of urea groups is 1. The van der Waals surface area contributed by atoms with Crippen molar-refractivity contribution in [2.24, 2.45) is 5.92 Å². The van der Waals surface area contributed by atoms with E-state index in [4.69, 9.17) is 4.52 Å². The molecule has 0 spiro atoms. The lowest BCUT2D eigenvalue weighted by molar-refractivity contribution is 0.173. The lowest BCUT2D eigenvalue weighted by Gasteiger charge is -2.32. The molecule has 1 N–H and O–H groups in total. The average molecular weight is 340 g/mol. The first-order valence-corrected chi connectivity index (χ1v) is 9.13. The zero-order valence-corrected chi connectivity index (χ0v) is 14.6. The number of hydrogen-bond acceptors (Lipinski definition) is 4. The smallest absolute Gasteiger partial charge is 0.321 e. The number of amides is 2. The van der Waals surface area contributed by atoms with Crippen molar-refractivity contribution in [1.29, 1.82) is 0 Å². The summed E-state index contributed by atoms with van der Waals surface area (Å²) in [6, 6.07) is 7.83. The molecule has 132 valence electrons. The third-order valence-electron chi connectivity index (χ3n) is 5.08. The number of para-hydroxylation sites is 1. The molecule has 2 fully saturated rings. The number of rotatable bonds is 4. The molecule has 1 aromatic heterocycles. The minimum atomic E-state index is -0.0248. The molecule has 1 aliphatic heterocycles. The van der Waals surface area contributed by atoms with Gasteiger partial charge in [-0.1, -0.05) is 23.4 Å². The molecule has 0 radical (unpaired) electrons. The van der Waals surface area contributed by atoms with E-state index in [0.29, 0.717) is 17.7 Å². The maximum Gasteiger partial charge on any atom is 0.321 e. The quantitative estimate of drug-likeness (QED) is 0.920. The number of nitrogens with one attached hydrogen (secondary N) is 1. The maximum atomic E-state index is 12.6. The van der Waals surface area contributed by atoms with E-state index in [1.807, 2.05) is 36.1 Å². The largest absolute Gasteiger partial charge is 0.339 e. The fourth-order valence-corrected chi connectivity index (χ4v) is 3.43. The number of piperidine rings is 1. The number of hydrogen-bond donors (Lipinski definition) is 1. The molecule has 1 aromatic carbocycles. The van der Waals surface area contributed by atoms with Crippen LogP contribution in [0.3, 0.4) is 0 Å². The number of carbonyl (C=O) groups excluding carboxylic acids is 1.